The number of primary amides is 1. The molecular weight excluding hydrogens is 486 g/mol. The molecule has 10 nitrogen and oxygen atoms in total. The standard InChI is InChI=1S/C28H31N5O5/c1-18(34)33-13-11-32(12-14-33)16-19-5-3-6-20(15-19)30-23-10-9-22(31-28(23)36-2)21-7-4-8-24-26(21)38-25(17-37-24)27(29)35/h3-10,15,25,30H,11-14,16-17H2,1-2H3,(H2,29,35). The summed E-state index contributed by atoms with van der Waals surface area (Å²) in [6.07, 6.45) is -0.864. The molecule has 0 bridgehead atoms. The van der Waals surface area contributed by atoms with E-state index in [1.54, 1.807) is 20.1 Å². The number of piperazine rings is 1. The van der Waals surface area contributed by atoms with E-state index in [1.807, 2.05) is 41.3 Å². The fraction of sp³-hybridized carbons (Fsp3) is 0.321. The molecule has 2 amide bonds. The van der Waals surface area contributed by atoms with Gasteiger partial charge in [-0.2, -0.15) is 0 Å². The first-order chi connectivity index (χ1) is 18.4. The Kier molecular flexibility index (Phi) is 7.32. The van der Waals surface area contributed by atoms with Crippen molar-refractivity contribution in [2.24, 2.45) is 5.73 Å². The molecule has 0 radical (unpaired) electrons. The van der Waals surface area contributed by atoms with Gasteiger partial charge in [0.2, 0.25) is 17.9 Å². The zero-order chi connectivity index (χ0) is 26.6. The van der Waals surface area contributed by atoms with E-state index in [0.717, 1.165) is 38.4 Å². The maximum atomic E-state index is 11.7. The van der Waals surface area contributed by atoms with Crippen molar-refractivity contribution >= 4 is 23.2 Å². The fourth-order valence-corrected chi connectivity index (χ4v) is 4.66. The predicted molar refractivity (Wildman–Crippen MR) is 143 cm³/mol. The highest BCUT2D eigenvalue weighted by atomic mass is 16.6. The number of carbonyl (C=O) groups is 2. The molecule has 1 saturated heterocycles. The number of amides is 2. The van der Waals surface area contributed by atoms with Gasteiger partial charge in [0.05, 0.1) is 12.8 Å². The second kappa shape index (κ2) is 11.0. The van der Waals surface area contributed by atoms with Gasteiger partial charge in [-0.3, -0.25) is 14.5 Å². The second-order valence-electron chi connectivity index (χ2n) is 9.31. The highest BCUT2D eigenvalue weighted by Gasteiger charge is 2.28. The third-order valence-corrected chi connectivity index (χ3v) is 6.71. The number of methoxy groups -OCH3 is 1. The fourth-order valence-electron chi connectivity index (χ4n) is 4.66. The minimum Gasteiger partial charge on any atom is -0.485 e. The van der Waals surface area contributed by atoms with Crippen LogP contribution in [0.4, 0.5) is 11.4 Å². The minimum atomic E-state index is -0.864. The summed E-state index contributed by atoms with van der Waals surface area (Å²) in [5, 5.41) is 3.41. The van der Waals surface area contributed by atoms with Crippen molar-refractivity contribution in [2.45, 2.75) is 19.6 Å². The van der Waals surface area contributed by atoms with Crippen molar-refractivity contribution in [3.05, 3.63) is 60.2 Å². The number of carbonyl (C=O) groups excluding carboxylic acids is 2. The van der Waals surface area contributed by atoms with Crippen LogP contribution in [-0.2, 0) is 16.1 Å². The summed E-state index contributed by atoms with van der Waals surface area (Å²) < 4.78 is 17.1. The van der Waals surface area contributed by atoms with Crippen LogP contribution in [0.5, 0.6) is 17.4 Å². The monoisotopic (exact) mass is 517 g/mol. The number of benzene rings is 2. The van der Waals surface area contributed by atoms with Gasteiger partial charge in [0.1, 0.15) is 12.3 Å². The largest absolute Gasteiger partial charge is 0.485 e. The van der Waals surface area contributed by atoms with Gasteiger partial charge in [-0.15, -0.1) is 0 Å². The van der Waals surface area contributed by atoms with Crippen LogP contribution in [-0.4, -0.2) is 72.6 Å². The number of hydrogen-bond acceptors (Lipinski definition) is 8. The van der Waals surface area contributed by atoms with Crippen LogP contribution in [0.3, 0.4) is 0 Å². The van der Waals surface area contributed by atoms with E-state index in [4.69, 9.17) is 24.9 Å². The molecule has 198 valence electrons. The van der Waals surface area contributed by atoms with E-state index < -0.39 is 12.0 Å². The zero-order valence-electron chi connectivity index (χ0n) is 21.5. The average molecular weight is 518 g/mol. The topological polar surface area (TPSA) is 119 Å². The van der Waals surface area contributed by atoms with Gasteiger partial charge < -0.3 is 30.2 Å². The normalized spacial score (nSPS) is 17.1. The molecule has 38 heavy (non-hydrogen) atoms. The molecule has 0 spiro atoms. The van der Waals surface area contributed by atoms with E-state index in [1.165, 1.54) is 5.56 Å². The van der Waals surface area contributed by atoms with Crippen LogP contribution in [0.2, 0.25) is 0 Å². The Hall–Kier alpha value is -4.31. The van der Waals surface area contributed by atoms with E-state index in [2.05, 4.69) is 22.3 Å². The maximum absolute atomic E-state index is 11.7. The Balaban J connectivity index is 1.32. The minimum absolute atomic E-state index is 0.0685. The smallest absolute Gasteiger partial charge is 0.262 e. The Morgan fingerprint density at radius 1 is 1.11 bits per heavy atom. The van der Waals surface area contributed by atoms with Crippen molar-refractivity contribution in [2.75, 3.05) is 45.2 Å². The number of pyridine rings is 1. The molecule has 1 atom stereocenters. The number of nitrogens with zero attached hydrogens (tertiary/aromatic N) is 3. The van der Waals surface area contributed by atoms with Gasteiger partial charge in [0.25, 0.3) is 5.91 Å². The van der Waals surface area contributed by atoms with E-state index in [0.29, 0.717) is 34.3 Å². The second-order valence-corrected chi connectivity index (χ2v) is 9.31. The molecular formula is C28H31N5O5. The van der Waals surface area contributed by atoms with E-state index >= 15 is 0 Å². The average Bonchev–Trinajstić information content (AvgIpc) is 2.93. The Bertz CT molecular complexity index is 1340. The van der Waals surface area contributed by atoms with Crippen molar-refractivity contribution < 1.29 is 23.8 Å². The van der Waals surface area contributed by atoms with Gasteiger partial charge in [0, 0.05) is 50.9 Å². The number of aromatic nitrogens is 1. The molecule has 1 unspecified atom stereocenters. The molecule has 2 aromatic carbocycles. The highest BCUT2D eigenvalue weighted by Crippen LogP contribution is 2.41. The van der Waals surface area contributed by atoms with Crippen molar-refractivity contribution in [1.29, 1.82) is 0 Å². The SMILES string of the molecule is COc1nc(-c2cccc3c2OC(C(N)=O)CO3)ccc1Nc1cccc(CN2CCN(C(C)=O)CC2)c1. The number of anilines is 2. The van der Waals surface area contributed by atoms with E-state index in [9.17, 15) is 9.59 Å². The lowest BCUT2D eigenvalue weighted by Gasteiger charge is -2.34. The van der Waals surface area contributed by atoms with Crippen molar-refractivity contribution in [3.8, 4) is 28.6 Å². The van der Waals surface area contributed by atoms with Gasteiger partial charge >= 0.3 is 0 Å². The summed E-state index contributed by atoms with van der Waals surface area (Å²) in [5.41, 5.74) is 9.50. The molecule has 2 aliphatic rings. The van der Waals surface area contributed by atoms with E-state index in [-0.39, 0.29) is 12.5 Å². The van der Waals surface area contributed by atoms with Crippen molar-refractivity contribution in [3.63, 3.8) is 0 Å². The van der Waals surface area contributed by atoms with Crippen molar-refractivity contribution in [1.82, 2.24) is 14.8 Å². The molecule has 0 aliphatic carbocycles. The number of para-hydroxylation sites is 1. The number of hydrogen-bond donors (Lipinski definition) is 2. The third-order valence-electron chi connectivity index (χ3n) is 6.71. The van der Waals surface area contributed by atoms with Crippen LogP contribution in [0, 0.1) is 0 Å². The van der Waals surface area contributed by atoms with Gasteiger partial charge in [-0.25, -0.2) is 4.98 Å². The number of nitrogens with two attached hydrogens (primary N) is 1. The summed E-state index contributed by atoms with van der Waals surface area (Å²) in [5.74, 6) is 0.912. The lowest BCUT2D eigenvalue weighted by atomic mass is 10.1. The molecule has 3 heterocycles. The summed E-state index contributed by atoms with van der Waals surface area (Å²) in [6, 6.07) is 17.4. The first-order valence-electron chi connectivity index (χ1n) is 12.5. The number of rotatable bonds is 7. The maximum Gasteiger partial charge on any atom is 0.262 e. The first kappa shape index (κ1) is 25.3. The molecule has 3 N–H and O–H groups in total. The van der Waals surface area contributed by atoms with Gasteiger partial charge in [0.15, 0.2) is 11.5 Å². The molecule has 0 saturated carbocycles. The van der Waals surface area contributed by atoms with Crippen LogP contribution in [0.1, 0.15) is 12.5 Å². The first-order valence-corrected chi connectivity index (χ1v) is 12.5. The van der Waals surface area contributed by atoms with Crippen LogP contribution in [0.25, 0.3) is 11.3 Å². The Morgan fingerprint density at radius 3 is 2.63 bits per heavy atom. The number of fused-ring (bicyclic) bond motifs is 1. The zero-order valence-corrected chi connectivity index (χ0v) is 21.5. The quantitative estimate of drug-likeness (QED) is 0.491. The van der Waals surface area contributed by atoms with Crippen LogP contribution < -0.4 is 25.3 Å². The van der Waals surface area contributed by atoms with Gasteiger partial charge in [-0.05, 0) is 42.0 Å². The number of ether oxygens (including phenoxy) is 3. The predicted octanol–water partition coefficient (Wildman–Crippen LogP) is 2.79. The molecule has 5 rings (SSSR count). The molecule has 3 aromatic rings. The molecule has 1 fully saturated rings. The van der Waals surface area contributed by atoms with Crippen LogP contribution in [0.15, 0.2) is 54.6 Å². The van der Waals surface area contributed by atoms with Crippen LogP contribution >= 0.6 is 0 Å². The molecule has 1 aromatic heterocycles. The third kappa shape index (κ3) is 5.50. The lowest BCUT2D eigenvalue weighted by molar-refractivity contribution is -0.130. The van der Waals surface area contributed by atoms with Gasteiger partial charge in [-0.1, -0.05) is 18.2 Å². The summed E-state index contributed by atoms with van der Waals surface area (Å²) >= 11 is 0. The Morgan fingerprint density at radius 2 is 1.89 bits per heavy atom. The number of nitrogens with one attached hydrogen (secondary N) is 1. The lowest BCUT2D eigenvalue weighted by Crippen LogP contribution is -2.47. The molecule has 10 heteroatoms. The Labute approximate surface area is 221 Å². The summed E-state index contributed by atoms with van der Waals surface area (Å²) in [4.78, 5) is 32.2. The molecule has 2 aliphatic heterocycles. The summed E-state index contributed by atoms with van der Waals surface area (Å²) in [6.45, 7) is 5.72. The summed E-state index contributed by atoms with van der Waals surface area (Å²) in [7, 11) is 1.57. The highest BCUT2D eigenvalue weighted by molar-refractivity contribution is 5.81.